The molecule has 0 spiro atoms. The average molecular weight is 351 g/mol. The molecule has 0 radical (unpaired) electrons. The van der Waals surface area contributed by atoms with Crippen molar-refractivity contribution >= 4 is 16.5 Å². The number of anilines is 1. The Kier molecular flexibility index (Phi) is 5.66. The van der Waals surface area contributed by atoms with Gasteiger partial charge in [0.25, 0.3) is 0 Å². The Balaban J connectivity index is 0.000000253. The van der Waals surface area contributed by atoms with Crippen molar-refractivity contribution in [2.24, 2.45) is 0 Å². The SMILES string of the molecule is Nc1nc(-[c-]2cccc2)c(-n2ccnn2)s1.[Fe+2].c1cc[cH-]c1. The van der Waals surface area contributed by atoms with Gasteiger partial charge in [-0.2, -0.15) is 30.3 Å². The van der Waals surface area contributed by atoms with Gasteiger partial charge in [-0.15, -0.1) is 28.6 Å². The van der Waals surface area contributed by atoms with Crippen molar-refractivity contribution in [1.82, 2.24) is 20.0 Å². The van der Waals surface area contributed by atoms with Crippen LogP contribution in [0.5, 0.6) is 0 Å². The molecule has 0 aliphatic rings. The van der Waals surface area contributed by atoms with Crippen LogP contribution in [0.3, 0.4) is 0 Å². The molecule has 0 bridgehead atoms. The van der Waals surface area contributed by atoms with Crippen molar-refractivity contribution in [1.29, 1.82) is 0 Å². The Morgan fingerprint density at radius 2 is 1.86 bits per heavy atom. The zero-order valence-corrected chi connectivity index (χ0v) is 13.4. The van der Waals surface area contributed by atoms with Crippen LogP contribution in [0.4, 0.5) is 5.13 Å². The van der Waals surface area contributed by atoms with Crippen molar-refractivity contribution < 1.29 is 17.1 Å². The molecule has 5 nitrogen and oxygen atoms in total. The summed E-state index contributed by atoms with van der Waals surface area (Å²) in [6.45, 7) is 0. The molecule has 0 amide bonds. The summed E-state index contributed by atoms with van der Waals surface area (Å²) in [7, 11) is 0. The van der Waals surface area contributed by atoms with Crippen LogP contribution in [-0.4, -0.2) is 20.0 Å². The van der Waals surface area contributed by atoms with Crippen LogP contribution >= 0.6 is 11.3 Å². The van der Waals surface area contributed by atoms with Crippen molar-refractivity contribution in [3.8, 4) is 16.3 Å². The number of hydrogen-bond acceptors (Lipinski definition) is 5. The van der Waals surface area contributed by atoms with Crippen LogP contribution in [0.15, 0.2) is 67.0 Å². The molecule has 2 aromatic heterocycles. The molecule has 7 heteroatoms. The molecule has 4 rings (SSSR count). The molecular formula is C15H13FeN5S. The normalized spacial score (nSPS) is 9.64. The standard InChI is InChI=1S/C10H8N5S.C5H5.Fe/c11-10-13-8(7-3-1-2-4-7)9(16-10)15-6-5-12-14-15;1-2-4-5-3-1;/h1-6H,(H2,11,13);1-5H;/q2*-1;+2. The Labute approximate surface area is 142 Å². The molecule has 112 valence electrons. The fraction of sp³-hybridized carbons (Fsp3) is 0. The zero-order chi connectivity index (χ0) is 14.5. The second-order valence-corrected chi connectivity index (χ2v) is 5.20. The van der Waals surface area contributed by atoms with E-state index >= 15 is 0 Å². The molecule has 0 atom stereocenters. The maximum Gasteiger partial charge on any atom is 2.00 e. The smallest absolute Gasteiger partial charge is 0.376 e. The van der Waals surface area contributed by atoms with Crippen molar-refractivity contribution in [3.05, 3.63) is 67.0 Å². The summed E-state index contributed by atoms with van der Waals surface area (Å²) in [6.07, 6.45) is 3.41. The van der Waals surface area contributed by atoms with Gasteiger partial charge in [0.1, 0.15) is 0 Å². The second-order valence-electron chi connectivity index (χ2n) is 4.19. The number of nitrogens with two attached hydrogens (primary N) is 1. The molecule has 22 heavy (non-hydrogen) atoms. The van der Waals surface area contributed by atoms with E-state index in [0.717, 1.165) is 16.3 Å². The van der Waals surface area contributed by atoms with E-state index in [4.69, 9.17) is 5.73 Å². The van der Waals surface area contributed by atoms with E-state index in [1.54, 1.807) is 17.1 Å². The predicted molar refractivity (Wildman–Crippen MR) is 84.5 cm³/mol. The minimum Gasteiger partial charge on any atom is -0.376 e. The molecule has 2 aromatic carbocycles. The molecule has 2 N–H and O–H groups in total. The maximum absolute atomic E-state index is 5.74. The van der Waals surface area contributed by atoms with Crippen LogP contribution in [0, 0.1) is 0 Å². The third kappa shape index (κ3) is 3.71. The Morgan fingerprint density at radius 3 is 2.41 bits per heavy atom. The molecule has 0 aliphatic carbocycles. The molecular weight excluding hydrogens is 338 g/mol. The largest absolute Gasteiger partial charge is 2.00 e. The van der Waals surface area contributed by atoms with Gasteiger partial charge in [0.15, 0.2) is 5.13 Å². The van der Waals surface area contributed by atoms with E-state index in [9.17, 15) is 0 Å². The van der Waals surface area contributed by atoms with Crippen LogP contribution in [-0.2, 0) is 17.1 Å². The molecule has 0 aliphatic heterocycles. The summed E-state index contributed by atoms with van der Waals surface area (Å²) in [4.78, 5) is 4.32. The van der Waals surface area contributed by atoms with Gasteiger partial charge >= 0.3 is 17.1 Å². The van der Waals surface area contributed by atoms with Crippen LogP contribution < -0.4 is 5.73 Å². The van der Waals surface area contributed by atoms with E-state index in [1.807, 2.05) is 54.6 Å². The summed E-state index contributed by atoms with van der Waals surface area (Å²) in [5.74, 6) is 0. The first kappa shape index (κ1) is 16.2. The molecule has 0 unspecified atom stereocenters. The first-order chi connectivity index (χ1) is 10.3. The van der Waals surface area contributed by atoms with Crippen LogP contribution in [0.2, 0.25) is 0 Å². The summed E-state index contributed by atoms with van der Waals surface area (Å²) < 4.78 is 1.68. The summed E-state index contributed by atoms with van der Waals surface area (Å²) in [6, 6.07) is 17.9. The molecule has 2 heterocycles. The van der Waals surface area contributed by atoms with Gasteiger partial charge < -0.3 is 5.73 Å². The average Bonchev–Trinajstić information content (AvgIpc) is 3.27. The Bertz CT molecular complexity index is 688. The Morgan fingerprint density at radius 1 is 1.14 bits per heavy atom. The van der Waals surface area contributed by atoms with E-state index in [0.29, 0.717) is 5.13 Å². The fourth-order valence-electron chi connectivity index (χ4n) is 1.84. The minimum atomic E-state index is 0. The molecule has 0 saturated carbocycles. The van der Waals surface area contributed by atoms with Gasteiger partial charge in [-0.25, -0.2) is 21.8 Å². The number of hydrogen-bond donors (Lipinski definition) is 1. The van der Waals surface area contributed by atoms with Crippen LogP contribution in [0.25, 0.3) is 16.3 Å². The quantitative estimate of drug-likeness (QED) is 0.445. The van der Waals surface area contributed by atoms with E-state index < -0.39 is 0 Å². The number of thiazole rings is 1. The molecule has 0 saturated heterocycles. The molecule has 4 aromatic rings. The number of nitrogen functional groups attached to an aromatic ring is 1. The number of rotatable bonds is 2. The number of aromatic nitrogens is 4. The third-order valence-corrected chi connectivity index (χ3v) is 3.62. The van der Waals surface area contributed by atoms with Gasteiger partial charge in [-0.05, 0) is 0 Å². The first-order valence-electron chi connectivity index (χ1n) is 6.36. The Hall–Kier alpha value is -2.21. The van der Waals surface area contributed by atoms with E-state index in [1.165, 1.54) is 11.3 Å². The zero-order valence-electron chi connectivity index (χ0n) is 11.5. The second kappa shape index (κ2) is 7.70. The predicted octanol–water partition coefficient (Wildman–Crippen LogP) is 3.09. The monoisotopic (exact) mass is 351 g/mol. The van der Waals surface area contributed by atoms with Gasteiger partial charge in [0, 0.05) is 11.9 Å². The van der Waals surface area contributed by atoms with E-state index in [2.05, 4.69) is 15.3 Å². The molecule has 0 fully saturated rings. The summed E-state index contributed by atoms with van der Waals surface area (Å²) >= 11 is 1.40. The van der Waals surface area contributed by atoms with Crippen LogP contribution in [0.1, 0.15) is 0 Å². The van der Waals surface area contributed by atoms with Gasteiger partial charge in [0.2, 0.25) is 0 Å². The third-order valence-electron chi connectivity index (χ3n) is 2.75. The summed E-state index contributed by atoms with van der Waals surface area (Å²) in [5, 5.41) is 9.15. The van der Waals surface area contributed by atoms with E-state index in [-0.39, 0.29) is 17.1 Å². The van der Waals surface area contributed by atoms with Gasteiger partial charge in [-0.1, -0.05) is 10.8 Å². The minimum absolute atomic E-state index is 0. The topological polar surface area (TPSA) is 69.6 Å². The first-order valence-corrected chi connectivity index (χ1v) is 7.18. The van der Waals surface area contributed by atoms with Gasteiger partial charge in [-0.3, -0.25) is 0 Å². The van der Waals surface area contributed by atoms with Crippen molar-refractivity contribution in [3.63, 3.8) is 0 Å². The van der Waals surface area contributed by atoms with Gasteiger partial charge in [0.05, 0.1) is 11.2 Å². The maximum atomic E-state index is 5.74. The fourth-order valence-corrected chi connectivity index (χ4v) is 2.63. The number of nitrogens with zero attached hydrogens (tertiary/aromatic N) is 4. The summed E-state index contributed by atoms with van der Waals surface area (Å²) in [5.41, 5.74) is 7.62. The van der Waals surface area contributed by atoms with Crippen molar-refractivity contribution in [2.75, 3.05) is 5.73 Å². The van der Waals surface area contributed by atoms with Crippen molar-refractivity contribution in [2.45, 2.75) is 0 Å².